The molecule has 0 radical (unpaired) electrons. The van der Waals surface area contributed by atoms with Crippen LogP contribution in [0.2, 0.25) is 0 Å². The zero-order valence-electron chi connectivity index (χ0n) is 13.6. The summed E-state index contributed by atoms with van der Waals surface area (Å²) in [6.07, 6.45) is 6.80. The van der Waals surface area contributed by atoms with Gasteiger partial charge in [-0.3, -0.25) is 0 Å². The number of aryl methyl sites for hydroxylation is 2. The summed E-state index contributed by atoms with van der Waals surface area (Å²) in [6, 6.07) is 2.47. The number of nitrogens with one attached hydrogen (secondary N) is 1. The topological polar surface area (TPSA) is 15.3 Å². The highest BCUT2D eigenvalue weighted by Gasteiger charge is 2.13. The SMILES string of the molecule is CN(CCNC(C)(C)C)Cc1cc2c(s1)CCCCC2. The molecule has 2 nitrogen and oxygen atoms in total. The third kappa shape index (κ3) is 5.19. The van der Waals surface area contributed by atoms with E-state index in [1.165, 1.54) is 32.1 Å². The summed E-state index contributed by atoms with van der Waals surface area (Å²) >= 11 is 2.05. The van der Waals surface area contributed by atoms with Gasteiger partial charge in [0.25, 0.3) is 0 Å². The molecule has 0 aromatic carbocycles. The number of likely N-dealkylation sites (N-methyl/N-ethyl adjacent to an activating group) is 1. The Balaban J connectivity index is 1.81. The Kier molecular flexibility index (Phi) is 5.65. The molecule has 0 aliphatic heterocycles. The Bertz CT molecular complexity index is 394. The Morgan fingerprint density at radius 2 is 1.95 bits per heavy atom. The summed E-state index contributed by atoms with van der Waals surface area (Å²) in [7, 11) is 2.23. The Hall–Kier alpha value is -0.380. The zero-order valence-corrected chi connectivity index (χ0v) is 14.4. The molecule has 1 aromatic rings. The van der Waals surface area contributed by atoms with Crippen molar-refractivity contribution in [1.29, 1.82) is 0 Å². The number of hydrogen-bond acceptors (Lipinski definition) is 3. The van der Waals surface area contributed by atoms with Crippen molar-refractivity contribution < 1.29 is 0 Å². The summed E-state index contributed by atoms with van der Waals surface area (Å²) in [5.74, 6) is 0. The molecular formula is C17H30N2S. The summed E-state index contributed by atoms with van der Waals surface area (Å²) in [5.41, 5.74) is 1.87. The first-order valence-corrected chi connectivity index (χ1v) is 8.80. The molecule has 20 heavy (non-hydrogen) atoms. The standard InChI is InChI=1S/C17H30N2S/c1-17(2,3)18-10-11-19(4)13-15-12-14-8-6-5-7-9-16(14)20-15/h12,18H,5-11,13H2,1-4H3. The van der Waals surface area contributed by atoms with Crippen molar-refractivity contribution in [3.05, 3.63) is 21.4 Å². The number of thiophene rings is 1. The van der Waals surface area contributed by atoms with Gasteiger partial charge in [0.1, 0.15) is 0 Å². The Morgan fingerprint density at radius 3 is 2.70 bits per heavy atom. The zero-order chi connectivity index (χ0) is 14.6. The monoisotopic (exact) mass is 294 g/mol. The lowest BCUT2D eigenvalue weighted by molar-refractivity contribution is 0.305. The van der Waals surface area contributed by atoms with Gasteiger partial charge in [0.15, 0.2) is 0 Å². The van der Waals surface area contributed by atoms with Crippen LogP contribution in [0.3, 0.4) is 0 Å². The van der Waals surface area contributed by atoms with Gasteiger partial charge in [0.05, 0.1) is 0 Å². The molecule has 1 heterocycles. The second-order valence-electron chi connectivity index (χ2n) is 7.14. The largest absolute Gasteiger partial charge is 0.311 e. The van der Waals surface area contributed by atoms with Crippen LogP contribution in [0.25, 0.3) is 0 Å². The highest BCUT2D eigenvalue weighted by Crippen LogP contribution is 2.29. The van der Waals surface area contributed by atoms with E-state index in [1.54, 1.807) is 15.3 Å². The number of nitrogens with zero attached hydrogens (tertiary/aromatic N) is 1. The molecule has 1 aromatic heterocycles. The smallest absolute Gasteiger partial charge is 0.0325 e. The number of fused-ring (bicyclic) bond motifs is 1. The van der Waals surface area contributed by atoms with Crippen molar-refractivity contribution >= 4 is 11.3 Å². The molecule has 3 heteroatoms. The van der Waals surface area contributed by atoms with Gasteiger partial charge >= 0.3 is 0 Å². The second kappa shape index (κ2) is 7.06. The lowest BCUT2D eigenvalue weighted by Gasteiger charge is -2.23. The van der Waals surface area contributed by atoms with Crippen molar-refractivity contribution in [3.63, 3.8) is 0 Å². The highest BCUT2D eigenvalue weighted by molar-refractivity contribution is 7.12. The molecule has 2 rings (SSSR count). The molecule has 0 saturated heterocycles. The highest BCUT2D eigenvalue weighted by atomic mass is 32.1. The maximum atomic E-state index is 3.56. The molecule has 0 spiro atoms. The fraction of sp³-hybridized carbons (Fsp3) is 0.765. The fourth-order valence-electron chi connectivity index (χ4n) is 2.77. The van der Waals surface area contributed by atoms with E-state index in [0.29, 0.717) is 0 Å². The van der Waals surface area contributed by atoms with Crippen molar-refractivity contribution in [2.75, 3.05) is 20.1 Å². The van der Waals surface area contributed by atoms with Crippen molar-refractivity contribution in [2.24, 2.45) is 0 Å². The molecule has 0 atom stereocenters. The maximum Gasteiger partial charge on any atom is 0.0325 e. The summed E-state index contributed by atoms with van der Waals surface area (Å²) in [5, 5.41) is 3.56. The predicted octanol–water partition coefficient (Wildman–Crippen LogP) is 3.84. The van der Waals surface area contributed by atoms with Crippen molar-refractivity contribution in [3.8, 4) is 0 Å². The fourth-order valence-corrected chi connectivity index (χ4v) is 4.11. The van der Waals surface area contributed by atoms with Crippen LogP contribution in [0.4, 0.5) is 0 Å². The molecule has 0 saturated carbocycles. The van der Waals surface area contributed by atoms with Crippen LogP contribution in [0.5, 0.6) is 0 Å². The maximum absolute atomic E-state index is 3.56. The summed E-state index contributed by atoms with van der Waals surface area (Å²) in [6.45, 7) is 9.95. The average molecular weight is 295 g/mol. The van der Waals surface area contributed by atoms with E-state index >= 15 is 0 Å². The van der Waals surface area contributed by atoms with Gasteiger partial charge in [-0.1, -0.05) is 6.42 Å². The van der Waals surface area contributed by atoms with E-state index in [4.69, 9.17) is 0 Å². The van der Waals surface area contributed by atoms with Crippen LogP contribution < -0.4 is 5.32 Å². The predicted molar refractivity (Wildman–Crippen MR) is 89.7 cm³/mol. The van der Waals surface area contributed by atoms with E-state index in [-0.39, 0.29) is 5.54 Å². The first-order valence-electron chi connectivity index (χ1n) is 7.98. The molecule has 114 valence electrons. The van der Waals surface area contributed by atoms with E-state index in [1.807, 2.05) is 0 Å². The molecule has 1 N–H and O–H groups in total. The average Bonchev–Trinajstić information content (AvgIpc) is 2.56. The number of hydrogen-bond donors (Lipinski definition) is 1. The van der Waals surface area contributed by atoms with Gasteiger partial charge in [-0.05, 0) is 65.1 Å². The first-order chi connectivity index (χ1) is 9.44. The van der Waals surface area contributed by atoms with Crippen molar-refractivity contribution in [1.82, 2.24) is 10.2 Å². The Labute approximate surface area is 128 Å². The quantitative estimate of drug-likeness (QED) is 0.830. The molecule has 1 aliphatic rings. The van der Waals surface area contributed by atoms with E-state index < -0.39 is 0 Å². The van der Waals surface area contributed by atoms with E-state index in [9.17, 15) is 0 Å². The van der Waals surface area contributed by atoms with Crippen LogP contribution in [0.1, 0.15) is 55.4 Å². The van der Waals surface area contributed by atoms with Gasteiger partial charge in [-0.25, -0.2) is 0 Å². The van der Waals surface area contributed by atoms with Gasteiger partial charge in [-0.15, -0.1) is 11.3 Å². The van der Waals surface area contributed by atoms with Crippen LogP contribution in [0, 0.1) is 0 Å². The van der Waals surface area contributed by atoms with Crippen molar-refractivity contribution in [2.45, 2.75) is 65.0 Å². The third-order valence-electron chi connectivity index (χ3n) is 3.87. The van der Waals surface area contributed by atoms with E-state index in [2.05, 4.69) is 55.4 Å². The van der Waals surface area contributed by atoms with Crippen LogP contribution in [0.15, 0.2) is 6.07 Å². The molecule has 0 unspecified atom stereocenters. The lowest BCUT2D eigenvalue weighted by atomic mass is 10.1. The van der Waals surface area contributed by atoms with Crippen LogP contribution in [-0.2, 0) is 19.4 Å². The number of rotatable bonds is 5. The van der Waals surface area contributed by atoms with Gasteiger partial charge < -0.3 is 10.2 Å². The second-order valence-corrected chi connectivity index (χ2v) is 8.36. The molecule has 0 amide bonds. The summed E-state index contributed by atoms with van der Waals surface area (Å²) < 4.78 is 0. The third-order valence-corrected chi connectivity index (χ3v) is 5.09. The molecular weight excluding hydrogens is 264 g/mol. The lowest BCUT2D eigenvalue weighted by Crippen LogP contribution is -2.40. The molecule has 0 fully saturated rings. The van der Waals surface area contributed by atoms with Gasteiger partial charge in [-0.2, -0.15) is 0 Å². The van der Waals surface area contributed by atoms with Crippen LogP contribution >= 0.6 is 11.3 Å². The minimum Gasteiger partial charge on any atom is -0.311 e. The first kappa shape index (κ1) is 16.0. The minimum atomic E-state index is 0.223. The minimum absolute atomic E-state index is 0.223. The summed E-state index contributed by atoms with van der Waals surface area (Å²) in [4.78, 5) is 5.65. The van der Waals surface area contributed by atoms with Crippen LogP contribution in [-0.4, -0.2) is 30.6 Å². The normalized spacial score (nSPS) is 16.2. The Morgan fingerprint density at radius 1 is 1.20 bits per heavy atom. The molecule has 1 aliphatic carbocycles. The molecule has 0 bridgehead atoms. The van der Waals surface area contributed by atoms with E-state index in [0.717, 1.165) is 19.6 Å². The van der Waals surface area contributed by atoms with Gasteiger partial charge in [0, 0.05) is 34.9 Å². The van der Waals surface area contributed by atoms with Gasteiger partial charge in [0.2, 0.25) is 0 Å².